The number of benzene rings is 1. The molecule has 1 aliphatic rings. The predicted octanol–water partition coefficient (Wildman–Crippen LogP) is 1.24. The molecule has 132 valence electrons. The molecule has 1 N–H and O–H groups in total. The van der Waals surface area contributed by atoms with Crippen molar-refractivity contribution in [2.45, 2.75) is 19.4 Å². The van der Waals surface area contributed by atoms with Gasteiger partial charge in [-0.3, -0.25) is 9.59 Å². The van der Waals surface area contributed by atoms with E-state index in [9.17, 15) is 22.4 Å². The Balaban J connectivity index is 1.96. The van der Waals surface area contributed by atoms with Gasteiger partial charge in [-0.05, 0) is 18.6 Å². The highest BCUT2D eigenvalue weighted by molar-refractivity contribution is 7.91. The summed E-state index contributed by atoms with van der Waals surface area (Å²) >= 11 is 5.82. The molecule has 0 radical (unpaired) electrons. The van der Waals surface area contributed by atoms with Gasteiger partial charge in [-0.25, -0.2) is 12.8 Å². The van der Waals surface area contributed by atoms with E-state index in [4.69, 9.17) is 11.6 Å². The monoisotopic (exact) mass is 376 g/mol. The third-order valence-electron chi connectivity index (χ3n) is 3.88. The summed E-state index contributed by atoms with van der Waals surface area (Å²) < 4.78 is 36.8. The molecular formula is C15H18ClFN2O4S. The third-order valence-corrected chi connectivity index (χ3v) is 5.95. The topological polar surface area (TPSA) is 83.6 Å². The summed E-state index contributed by atoms with van der Waals surface area (Å²) in [6.07, 6.45) is 0.384. The fourth-order valence-electron chi connectivity index (χ4n) is 2.71. The Kier molecular flexibility index (Phi) is 5.82. The molecule has 1 aromatic carbocycles. The molecule has 0 bridgehead atoms. The van der Waals surface area contributed by atoms with E-state index in [1.807, 2.05) is 0 Å². The number of halogens is 2. The molecule has 24 heavy (non-hydrogen) atoms. The van der Waals surface area contributed by atoms with Crippen LogP contribution in [0.25, 0.3) is 0 Å². The first-order valence-corrected chi connectivity index (χ1v) is 9.61. The van der Waals surface area contributed by atoms with Crippen LogP contribution in [0.3, 0.4) is 0 Å². The van der Waals surface area contributed by atoms with E-state index in [1.165, 1.54) is 24.0 Å². The number of nitrogens with zero attached hydrogens (tertiary/aromatic N) is 1. The second-order valence-corrected chi connectivity index (χ2v) is 8.26. The molecule has 2 rings (SSSR count). The SMILES string of the molecule is CC(=O)N(CCNC(=O)c1c(F)cccc1Cl)C1CCS(=O)(=O)C1. The van der Waals surface area contributed by atoms with Gasteiger partial charge in [0.15, 0.2) is 9.84 Å². The van der Waals surface area contributed by atoms with Gasteiger partial charge < -0.3 is 10.2 Å². The Bertz CT molecular complexity index is 734. The van der Waals surface area contributed by atoms with E-state index < -0.39 is 21.6 Å². The van der Waals surface area contributed by atoms with Crippen LogP contribution >= 0.6 is 11.6 Å². The minimum Gasteiger partial charge on any atom is -0.350 e. The maximum absolute atomic E-state index is 13.7. The van der Waals surface area contributed by atoms with Crippen LogP contribution < -0.4 is 5.32 Å². The highest BCUT2D eigenvalue weighted by Crippen LogP contribution is 2.19. The summed E-state index contributed by atoms with van der Waals surface area (Å²) in [5.41, 5.74) is -0.253. The molecule has 0 saturated carbocycles. The lowest BCUT2D eigenvalue weighted by molar-refractivity contribution is -0.130. The van der Waals surface area contributed by atoms with Crippen LogP contribution in [0.2, 0.25) is 5.02 Å². The van der Waals surface area contributed by atoms with Crippen LogP contribution in [-0.4, -0.2) is 55.8 Å². The predicted molar refractivity (Wildman–Crippen MR) is 88.2 cm³/mol. The Morgan fingerprint density at radius 2 is 2.12 bits per heavy atom. The first-order valence-electron chi connectivity index (χ1n) is 7.41. The first kappa shape index (κ1) is 18.7. The van der Waals surface area contributed by atoms with Crippen LogP contribution in [0.5, 0.6) is 0 Å². The van der Waals surface area contributed by atoms with E-state index in [2.05, 4.69) is 5.32 Å². The number of amides is 2. The van der Waals surface area contributed by atoms with Gasteiger partial charge in [-0.15, -0.1) is 0 Å². The second-order valence-electron chi connectivity index (χ2n) is 5.62. The zero-order valence-corrected chi connectivity index (χ0v) is 14.7. The summed E-state index contributed by atoms with van der Waals surface area (Å²) in [4.78, 5) is 25.2. The molecule has 1 unspecified atom stereocenters. The van der Waals surface area contributed by atoms with E-state index in [-0.39, 0.29) is 47.1 Å². The van der Waals surface area contributed by atoms with Crippen molar-refractivity contribution in [2.75, 3.05) is 24.6 Å². The molecule has 0 aliphatic carbocycles. The fourth-order valence-corrected chi connectivity index (χ4v) is 4.69. The minimum atomic E-state index is -3.12. The van der Waals surface area contributed by atoms with Gasteiger partial charge in [0.25, 0.3) is 5.91 Å². The van der Waals surface area contributed by atoms with Gasteiger partial charge in [0.1, 0.15) is 5.82 Å². The number of hydrogen-bond donors (Lipinski definition) is 1. The summed E-state index contributed by atoms with van der Waals surface area (Å²) in [6, 6.07) is 3.55. The quantitative estimate of drug-likeness (QED) is 0.838. The van der Waals surface area contributed by atoms with Crippen LogP contribution in [0, 0.1) is 5.82 Å². The lowest BCUT2D eigenvalue weighted by Gasteiger charge is -2.27. The lowest BCUT2D eigenvalue weighted by Crippen LogP contribution is -2.44. The molecule has 1 saturated heterocycles. The van der Waals surface area contributed by atoms with E-state index >= 15 is 0 Å². The number of nitrogens with one attached hydrogen (secondary N) is 1. The highest BCUT2D eigenvalue weighted by atomic mass is 35.5. The maximum Gasteiger partial charge on any atom is 0.255 e. The fraction of sp³-hybridized carbons (Fsp3) is 0.467. The number of carbonyl (C=O) groups excluding carboxylic acids is 2. The molecule has 9 heteroatoms. The Morgan fingerprint density at radius 3 is 2.67 bits per heavy atom. The van der Waals surface area contributed by atoms with E-state index in [0.717, 1.165) is 6.07 Å². The number of rotatable bonds is 5. The molecule has 1 atom stereocenters. The summed E-state index contributed by atoms with van der Waals surface area (Å²) in [6.45, 7) is 1.56. The van der Waals surface area contributed by atoms with Crippen molar-refractivity contribution in [1.82, 2.24) is 10.2 Å². The average Bonchev–Trinajstić information content (AvgIpc) is 2.82. The Labute approximate surface area is 144 Å². The van der Waals surface area contributed by atoms with Crippen molar-refractivity contribution in [2.24, 2.45) is 0 Å². The molecule has 2 amide bonds. The molecule has 1 heterocycles. The van der Waals surface area contributed by atoms with Crippen LogP contribution in [0.1, 0.15) is 23.7 Å². The largest absolute Gasteiger partial charge is 0.350 e. The summed E-state index contributed by atoms with van der Waals surface area (Å²) in [7, 11) is -3.12. The van der Waals surface area contributed by atoms with E-state index in [0.29, 0.717) is 6.42 Å². The number of hydrogen-bond acceptors (Lipinski definition) is 4. The maximum atomic E-state index is 13.7. The van der Waals surface area contributed by atoms with E-state index in [1.54, 1.807) is 0 Å². The number of sulfone groups is 1. The van der Waals surface area contributed by atoms with Crippen molar-refractivity contribution in [3.8, 4) is 0 Å². The molecule has 1 aromatic rings. The second kappa shape index (κ2) is 7.48. The van der Waals surface area contributed by atoms with Crippen LogP contribution in [0.15, 0.2) is 18.2 Å². The summed E-state index contributed by atoms with van der Waals surface area (Å²) in [5.74, 6) is -1.69. The zero-order valence-electron chi connectivity index (χ0n) is 13.1. The Hall–Kier alpha value is -1.67. The minimum absolute atomic E-state index is 0.00203. The lowest BCUT2D eigenvalue weighted by atomic mass is 10.2. The van der Waals surface area contributed by atoms with Crippen LogP contribution in [-0.2, 0) is 14.6 Å². The van der Waals surface area contributed by atoms with Gasteiger partial charge in [-0.2, -0.15) is 0 Å². The van der Waals surface area contributed by atoms with Crippen molar-refractivity contribution in [1.29, 1.82) is 0 Å². The molecule has 1 fully saturated rings. The van der Waals surface area contributed by atoms with Gasteiger partial charge in [0.2, 0.25) is 5.91 Å². The molecule has 6 nitrogen and oxygen atoms in total. The molecule has 1 aliphatic heterocycles. The standard InChI is InChI=1S/C15H18ClFN2O4S/c1-10(20)19(11-5-8-24(22,23)9-11)7-6-18-15(21)14-12(16)3-2-4-13(14)17/h2-4,11H,5-9H2,1H3,(H,18,21). The molecular weight excluding hydrogens is 359 g/mol. The smallest absolute Gasteiger partial charge is 0.255 e. The van der Waals surface area contributed by atoms with Gasteiger partial charge in [0, 0.05) is 26.1 Å². The van der Waals surface area contributed by atoms with Crippen molar-refractivity contribution < 1.29 is 22.4 Å². The van der Waals surface area contributed by atoms with Gasteiger partial charge >= 0.3 is 0 Å². The molecule has 0 spiro atoms. The normalized spacial score (nSPS) is 19.0. The van der Waals surface area contributed by atoms with Gasteiger partial charge in [-0.1, -0.05) is 17.7 Å². The highest BCUT2D eigenvalue weighted by Gasteiger charge is 2.33. The van der Waals surface area contributed by atoms with Crippen LogP contribution in [0.4, 0.5) is 4.39 Å². The number of carbonyl (C=O) groups is 2. The first-order chi connectivity index (χ1) is 11.2. The van der Waals surface area contributed by atoms with Crippen molar-refractivity contribution in [3.05, 3.63) is 34.6 Å². The average molecular weight is 377 g/mol. The van der Waals surface area contributed by atoms with Crippen molar-refractivity contribution >= 4 is 33.3 Å². The summed E-state index contributed by atoms with van der Waals surface area (Å²) in [5, 5.41) is 2.50. The van der Waals surface area contributed by atoms with Crippen molar-refractivity contribution in [3.63, 3.8) is 0 Å². The zero-order chi connectivity index (χ0) is 17.9. The third kappa shape index (κ3) is 4.45. The Morgan fingerprint density at radius 1 is 1.42 bits per heavy atom. The molecule has 0 aromatic heterocycles. The van der Waals surface area contributed by atoms with Gasteiger partial charge in [0.05, 0.1) is 22.1 Å².